The summed E-state index contributed by atoms with van der Waals surface area (Å²) in [6.45, 7) is 2.25. The number of hydrogen-bond donors (Lipinski definition) is 3. The Bertz CT molecular complexity index is 175. The first-order valence-electron chi connectivity index (χ1n) is 3.96. The maximum atomic E-state index is 10.5. The van der Waals surface area contributed by atoms with Crippen LogP contribution in [0.1, 0.15) is 13.3 Å². The number of thiocarbonyl (C=S) groups is 1. The minimum atomic E-state index is -0.159. The molecule has 0 aliphatic rings. The number of carbonyl (C=O) groups excluding carboxylic acids is 1. The van der Waals surface area contributed by atoms with Crippen LogP contribution in [0.25, 0.3) is 0 Å². The Morgan fingerprint density at radius 2 is 2.15 bits per heavy atom. The third-order valence-corrected chi connectivity index (χ3v) is 2.11. The predicted octanol–water partition coefficient (Wildman–Crippen LogP) is 0.255. The number of hydrogen-bond acceptors (Lipinski definition) is 3. The molecular formula is C7H15N3OS2. The molecule has 0 unspecified atom stereocenters. The Morgan fingerprint density at radius 1 is 1.46 bits per heavy atom. The van der Waals surface area contributed by atoms with E-state index in [1.807, 2.05) is 0 Å². The van der Waals surface area contributed by atoms with Crippen molar-refractivity contribution in [3.05, 3.63) is 0 Å². The quantitative estimate of drug-likeness (QED) is 0.361. The van der Waals surface area contributed by atoms with E-state index in [4.69, 9.17) is 12.2 Å². The topological polar surface area (TPSA) is 53.2 Å². The molecule has 0 aromatic heterocycles. The molecule has 1 amide bonds. The zero-order valence-corrected chi connectivity index (χ0v) is 9.48. The van der Waals surface area contributed by atoms with Crippen molar-refractivity contribution in [3.8, 4) is 0 Å². The van der Waals surface area contributed by atoms with E-state index in [-0.39, 0.29) is 5.91 Å². The van der Waals surface area contributed by atoms with Gasteiger partial charge < -0.3 is 5.32 Å². The summed E-state index contributed by atoms with van der Waals surface area (Å²) in [6.07, 6.45) is 3.12. The van der Waals surface area contributed by atoms with Crippen molar-refractivity contribution >= 4 is 35.0 Å². The number of amides is 1. The fraction of sp³-hybridized carbons (Fsp3) is 0.714. The van der Waals surface area contributed by atoms with Crippen LogP contribution in [0.3, 0.4) is 0 Å². The summed E-state index contributed by atoms with van der Waals surface area (Å²) < 4.78 is 0. The highest BCUT2D eigenvalue weighted by molar-refractivity contribution is 7.98. The minimum absolute atomic E-state index is 0.159. The molecule has 0 heterocycles. The van der Waals surface area contributed by atoms with Crippen LogP contribution in [0.2, 0.25) is 0 Å². The number of hydrazine groups is 1. The fourth-order valence-electron chi connectivity index (χ4n) is 0.607. The predicted molar refractivity (Wildman–Crippen MR) is 60.6 cm³/mol. The lowest BCUT2D eigenvalue weighted by molar-refractivity contribution is -0.119. The van der Waals surface area contributed by atoms with Gasteiger partial charge in [0.2, 0.25) is 5.91 Å². The Balaban J connectivity index is 3.25. The average molecular weight is 221 g/mol. The smallest absolute Gasteiger partial charge is 0.235 e. The molecule has 0 bridgehead atoms. The zero-order valence-electron chi connectivity index (χ0n) is 7.85. The van der Waals surface area contributed by atoms with Crippen molar-refractivity contribution in [2.75, 3.05) is 18.6 Å². The minimum Gasteiger partial charge on any atom is -0.361 e. The highest BCUT2D eigenvalue weighted by Gasteiger charge is 1.94. The third-order valence-electron chi connectivity index (χ3n) is 1.16. The van der Waals surface area contributed by atoms with Crippen LogP contribution in [0, 0.1) is 0 Å². The van der Waals surface area contributed by atoms with Crippen LogP contribution in [0.15, 0.2) is 0 Å². The Hall–Kier alpha value is -0.490. The number of nitrogens with one attached hydrogen (secondary N) is 3. The van der Waals surface area contributed by atoms with Crippen molar-refractivity contribution in [1.29, 1.82) is 0 Å². The van der Waals surface area contributed by atoms with Crippen molar-refractivity contribution in [2.24, 2.45) is 0 Å². The number of thioether (sulfide) groups is 1. The third kappa shape index (κ3) is 9.42. The molecule has 0 radical (unpaired) electrons. The van der Waals surface area contributed by atoms with Gasteiger partial charge in [0.25, 0.3) is 0 Å². The molecule has 0 saturated carbocycles. The molecule has 4 nitrogen and oxygen atoms in total. The van der Waals surface area contributed by atoms with Gasteiger partial charge in [-0.1, -0.05) is 0 Å². The molecule has 0 aromatic rings. The largest absolute Gasteiger partial charge is 0.361 e. The second kappa shape index (κ2) is 8.12. The average Bonchev–Trinajstić information content (AvgIpc) is 2.09. The van der Waals surface area contributed by atoms with E-state index in [0.717, 1.165) is 18.7 Å². The monoisotopic (exact) mass is 221 g/mol. The van der Waals surface area contributed by atoms with Crippen LogP contribution < -0.4 is 16.2 Å². The van der Waals surface area contributed by atoms with Crippen LogP contribution in [-0.4, -0.2) is 29.6 Å². The van der Waals surface area contributed by atoms with E-state index >= 15 is 0 Å². The second-order valence-corrected chi connectivity index (χ2v) is 3.80. The van der Waals surface area contributed by atoms with Gasteiger partial charge in [-0.05, 0) is 30.6 Å². The molecule has 3 N–H and O–H groups in total. The van der Waals surface area contributed by atoms with Crippen molar-refractivity contribution in [1.82, 2.24) is 16.2 Å². The van der Waals surface area contributed by atoms with E-state index in [0.29, 0.717) is 5.11 Å². The molecule has 13 heavy (non-hydrogen) atoms. The maximum Gasteiger partial charge on any atom is 0.235 e. The summed E-state index contributed by atoms with van der Waals surface area (Å²) in [7, 11) is 0. The standard InChI is InChI=1S/C7H15N3OS2/c1-6(11)9-10-7(12)8-4-3-5-13-2/h3-5H2,1-2H3,(H,9,11)(H2,8,10,12). The van der Waals surface area contributed by atoms with E-state index in [9.17, 15) is 4.79 Å². The van der Waals surface area contributed by atoms with Crippen molar-refractivity contribution < 1.29 is 4.79 Å². The molecule has 0 rings (SSSR count). The van der Waals surface area contributed by atoms with Gasteiger partial charge in [0.15, 0.2) is 5.11 Å². The molecular weight excluding hydrogens is 206 g/mol. The van der Waals surface area contributed by atoms with Crippen molar-refractivity contribution in [2.45, 2.75) is 13.3 Å². The lowest BCUT2D eigenvalue weighted by atomic mass is 10.5. The van der Waals surface area contributed by atoms with Gasteiger partial charge in [0.1, 0.15) is 0 Å². The molecule has 0 saturated heterocycles. The van der Waals surface area contributed by atoms with Gasteiger partial charge in [-0.3, -0.25) is 15.6 Å². The van der Waals surface area contributed by atoms with Gasteiger partial charge in [0, 0.05) is 13.5 Å². The molecule has 0 atom stereocenters. The maximum absolute atomic E-state index is 10.5. The van der Waals surface area contributed by atoms with E-state index in [1.54, 1.807) is 11.8 Å². The number of rotatable bonds is 4. The molecule has 0 aromatic carbocycles. The normalized spacial score (nSPS) is 9.08. The first-order chi connectivity index (χ1) is 6.16. The molecule has 0 spiro atoms. The number of carbonyl (C=O) groups is 1. The zero-order chi connectivity index (χ0) is 10.1. The SMILES string of the molecule is CSCCCNC(=S)NNC(C)=O. The highest BCUT2D eigenvalue weighted by Crippen LogP contribution is 1.92. The van der Waals surface area contributed by atoms with Crippen LogP contribution in [-0.2, 0) is 4.79 Å². The summed E-state index contributed by atoms with van der Waals surface area (Å²) in [5, 5.41) is 3.42. The Labute approximate surface area is 88.2 Å². The summed E-state index contributed by atoms with van der Waals surface area (Å²) in [5.74, 6) is 0.948. The summed E-state index contributed by atoms with van der Waals surface area (Å²) in [5.41, 5.74) is 4.96. The fourth-order valence-corrected chi connectivity index (χ4v) is 1.19. The molecule has 6 heteroatoms. The molecule has 76 valence electrons. The lowest BCUT2D eigenvalue weighted by Crippen LogP contribution is -2.46. The lowest BCUT2D eigenvalue weighted by Gasteiger charge is -2.09. The molecule has 0 fully saturated rings. The summed E-state index contributed by atoms with van der Waals surface area (Å²) >= 11 is 6.68. The van der Waals surface area contributed by atoms with Gasteiger partial charge >= 0.3 is 0 Å². The van der Waals surface area contributed by atoms with Crippen molar-refractivity contribution in [3.63, 3.8) is 0 Å². The van der Waals surface area contributed by atoms with Crippen LogP contribution >= 0.6 is 24.0 Å². The van der Waals surface area contributed by atoms with E-state index in [1.165, 1.54) is 6.92 Å². The first kappa shape index (κ1) is 12.5. The molecule has 0 aliphatic heterocycles. The van der Waals surface area contributed by atoms with Gasteiger partial charge in [-0.25, -0.2) is 0 Å². The second-order valence-electron chi connectivity index (χ2n) is 2.41. The van der Waals surface area contributed by atoms with E-state index in [2.05, 4.69) is 22.4 Å². The van der Waals surface area contributed by atoms with Crippen LogP contribution in [0.5, 0.6) is 0 Å². The Kier molecular flexibility index (Phi) is 7.82. The Morgan fingerprint density at radius 3 is 2.69 bits per heavy atom. The highest BCUT2D eigenvalue weighted by atomic mass is 32.2. The van der Waals surface area contributed by atoms with Crippen LogP contribution in [0.4, 0.5) is 0 Å². The molecule has 0 aliphatic carbocycles. The summed E-state index contributed by atoms with van der Waals surface area (Å²) in [4.78, 5) is 10.5. The summed E-state index contributed by atoms with van der Waals surface area (Å²) in [6, 6.07) is 0. The van der Waals surface area contributed by atoms with Gasteiger partial charge in [-0.2, -0.15) is 11.8 Å². The first-order valence-corrected chi connectivity index (χ1v) is 5.76. The van der Waals surface area contributed by atoms with E-state index < -0.39 is 0 Å². The van der Waals surface area contributed by atoms with Gasteiger partial charge in [0.05, 0.1) is 0 Å². The van der Waals surface area contributed by atoms with Gasteiger partial charge in [-0.15, -0.1) is 0 Å².